The summed E-state index contributed by atoms with van der Waals surface area (Å²) >= 11 is 0. The molecule has 1 aromatic heterocycles. The molecule has 0 aliphatic rings. The maximum Gasteiger partial charge on any atom is 0.390 e. The second-order valence-corrected chi connectivity index (χ2v) is 4.32. The third-order valence-electron chi connectivity index (χ3n) is 2.41. The smallest absolute Gasteiger partial charge is 0.379 e. The Balaban J connectivity index is 0.00000324. The second kappa shape index (κ2) is 8.84. The third-order valence-corrected chi connectivity index (χ3v) is 2.41. The fraction of sp³-hybridized carbons (Fsp3) is 0.727. The summed E-state index contributed by atoms with van der Waals surface area (Å²) in [6, 6.07) is 1.48. The highest BCUT2D eigenvalue weighted by molar-refractivity contribution is 5.85. The maximum atomic E-state index is 10.5. The Morgan fingerprint density at radius 2 is 2.26 bits per heavy atom. The van der Waals surface area contributed by atoms with Crippen LogP contribution >= 0.6 is 12.4 Å². The predicted molar refractivity (Wildman–Crippen MR) is 74.5 cm³/mol. The van der Waals surface area contributed by atoms with Gasteiger partial charge in [-0.15, -0.1) is 12.4 Å². The topological polar surface area (TPSA) is 82.2 Å². The fourth-order valence-corrected chi connectivity index (χ4v) is 1.48. The van der Waals surface area contributed by atoms with Crippen molar-refractivity contribution < 1.29 is 9.66 Å². The Morgan fingerprint density at radius 1 is 1.58 bits per heavy atom. The van der Waals surface area contributed by atoms with Gasteiger partial charge in [0.15, 0.2) is 0 Å². The summed E-state index contributed by atoms with van der Waals surface area (Å²) in [5, 5.41) is 17.5. The molecule has 1 heterocycles. The van der Waals surface area contributed by atoms with Crippen molar-refractivity contribution in [3.63, 3.8) is 0 Å². The highest BCUT2D eigenvalue weighted by Crippen LogP contribution is 2.10. The van der Waals surface area contributed by atoms with Crippen molar-refractivity contribution in [3.8, 4) is 0 Å². The van der Waals surface area contributed by atoms with Gasteiger partial charge < -0.3 is 20.2 Å². The second-order valence-electron chi connectivity index (χ2n) is 4.32. The van der Waals surface area contributed by atoms with Crippen LogP contribution in [0.1, 0.15) is 26.0 Å². The average Bonchev–Trinajstić information content (AvgIpc) is 2.65. The molecule has 0 amide bonds. The van der Waals surface area contributed by atoms with Crippen LogP contribution < -0.4 is 5.32 Å². The molecule has 0 unspecified atom stereocenters. The number of nitro groups is 1. The van der Waals surface area contributed by atoms with Gasteiger partial charge in [-0.2, -0.15) is 4.68 Å². The van der Waals surface area contributed by atoms with Crippen molar-refractivity contribution in [2.75, 3.05) is 13.2 Å². The van der Waals surface area contributed by atoms with Crippen LogP contribution in [0.4, 0.5) is 5.82 Å². The summed E-state index contributed by atoms with van der Waals surface area (Å²) in [5.41, 5.74) is 0.798. The number of halogens is 1. The number of hydrogen-bond acceptors (Lipinski definition) is 5. The van der Waals surface area contributed by atoms with Gasteiger partial charge in [-0.05, 0) is 31.7 Å². The van der Waals surface area contributed by atoms with Crippen molar-refractivity contribution >= 4 is 18.2 Å². The molecule has 110 valence electrons. The van der Waals surface area contributed by atoms with Crippen molar-refractivity contribution in [3.05, 3.63) is 21.9 Å². The van der Waals surface area contributed by atoms with Crippen LogP contribution in [0.15, 0.2) is 6.07 Å². The van der Waals surface area contributed by atoms with Crippen molar-refractivity contribution in [1.29, 1.82) is 0 Å². The predicted octanol–water partition coefficient (Wildman–Crippen LogP) is 1.65. The highest BCUT2D eigenvalue weighted by atomic mass is 35.5. The standard InChI is InChI=1S/C11H20N4O3.ClH/c1-9(2)18-6-4-5-12-8-10-7-11(15(16)17)13-14(10)3;/h7,9,12H,4-6,8H2,1-3H3;1H. The minimum absolute atomic E-state index is 0. The Labute approximate surface area is 118 Å². The summed E-state index contributed by atoms with van der Waals surface area (Å²) in [7, 11) is 1.70. The maximum absolute atomic E-state index is 10.5. The lowest BCUT2D eigenvalue weighted by Gasteiger charge is -2.07. The quantitative estimate of drug-likeness (QED) is 0.447. The Hall–Kier alpha value is -1.18. The average molecular weight is 293 g/mol. The van der Waals surface area contributed by atoms with E-state index in [1.807, 2.05) is 13.8 Å². The molecule has 0 fully saturated rings. The molecular formula is C11H21ClN4O3. The van der Waals surface area contributed by atoms with E-state index in [4.69, 9.17) is 4.74 Å². The van der Waals surface area contributed by atoms with E-state index in [2.05, 4.69) is 10.4 Å². The lowest BCUT2D eigenvalue weighted by Crippen LogP contribution is -2.18. The molecule has 8 heteroatoms. The minimum Gasteiger partial charge on any atom is -0.379 e. The Kier molecular flexibility index (Phi) is 8.29. The number of aromatic nitrogens is 2. The molecule has 0 saturated heterocycles. The molecule has 19 heavy (non-hydrogen) atoms. The fourth-order valence-electron chi connectivity index (χ4n) is 1.48. The van der Waals surface area contributed by atoms with Crippen molar-refractivity contribution in [2.24, 2.45) is 7.05 Å². The minimum atomic E-state index is -0.486. The molecule has 1 N–H and O–H groups in total. The van der Waals surface area contributed by atoms with E-state index in [1.54, 1.807) is 7.05 Å². The summed E-state index contributed by atoms with van der Waals surface area (Å²) in [5.74, 6) is -0.113. The van der Waals surface area contributed by atoms with Crippen LogP contribution in [0, 0.1) is 10.1 Å². The van der Waals surface area contributed by atoms with Gasteiger partial charge in [0.2, 0.25) is 0 Å². The van der Waals surface area contributed by atoms with E-state index in [9.17, 15) is 10.1 Å². The van der Waals surface area contributed by atoms with Crippen LogP contribution in [-0.2, 0) is 18.3 Å². The first-order valence-electron chi connectivity index (χ1n) is 6.00. The molecule has 0 bridgehead atoms. The summed E-state index contributed by atoms with van der Waals surface area (Å²) < 4.78 is 6.93. The van der Waals surface area contributed by atoms with Crippen molar-refractivity contribution in [1.82, 2.24) is 15.1 Å². The molecule has 7 nitrogen and oxygen atoms in total. The summed E-state index contributed by atoms with van der Waals surface area (Å²) in [4.78, 5) is 10.1. The first kappa shape index (κ1) is 17.8. The monoisotopic (exact) mass is 292 g/mol. The SMILES string of the molecule is CC(C)OCCCNCc1cc([N+](=O)[O-])nn1C.Cl. The van der Waals surface area contributed by atoms with E-state index in [0.29, 0.717) is 6.54 Å². The van der Waals surface area contributed by atoms with Crippen LogP contribution in [-0.4, -0.2) is 34.0 Å². The molecule has 0 aromatic carbocycles. The van der Waals surface area contributed by atoms with Gasteiger partial charge in [-0.3, -0.25) is 0 Å². The van der Waals surface area contributed by atoms with Crippen molar-refractivity contribution in [2.45, 2.75) is 32.9 Å². The largest absolute Gasteiger partial charge is 0.390 e. The first-order valence-corrected chi connectivity index (χ1v) is 6.00. The zero-order chi connectivity index (χ0) is 13.5. The molecule has 0 spiro atoms. The van der Waals surface area contributed by atoms with Crippen LogP contribution in [0.5, 0.6) is 0 Å². The number of aryl methyl sites for hydroxylation is 1. The number of nitrogens with zero attached hydrogens (tertiary/aromatic N) is 3. The number of ether oxygens (including phenoxy) is 1. The molecule has 0 atom stereocenters. The summed E-state index contributed by atoms with van der Waals surface area (Å²) in [6.45, 7) is 6.10. The van der Waals surface area contributed by atoms with Gasteiger partial charge >= 0.3 is 5.82 Å². The summed E-state index contributed by atoms with van der Waals surface area (Å²) in [6.07, 6.45) is 1.17. The van der Waals surface area contributed by atoms with Crippen LogP contribution in [0.3, 0.4) is 0 Å². The zero-order valence-electron chi connectivity index (χ0n) is 11.5. The molecule has 0 radical (unpaired) electrons. The molecule has 1 aromatic rings. The third kappa shape index (κ3) is 6.51. The number of hydrogen-bond donors (Lipinski definition) is 1. The number of rotatable bonds is 8. The zero-order valence-corrected chi connectivity index (χ0v) is 12.3. The van der Waals surface area contributed by atoms with E-state index in [0.717, 1.165) is 25.3 Å². The Morgan fingerprint density at radius 3 is 2.79 bits per heavy atom. The van der Waals surface area contributed by atoms with Gasteiger partial charge in [0, 0.05) is 13.2 Å². The molecule has 0 aliphatic carbocycles. The molecular weight excluding hydrogens is 272 g/mol. The van der Waals surface area contributed by atoms with Crippen LogP contribution in [0.2, 0.25) is 0 Å². The number of nitrogens with one attached hydrogen (secondary N) is 1. The molecule has 0 aliphatic heterocycles. The normalized spacial score (nSPS) is 10.5. The van der Waals surface area contributed by atoms with Gasteiger partial charge in [-0.25, -0.2) is 0 Å². The van der Waals surface area contributed by atoms with Gasteiger partial charge in [0.1, 0.15) is 0 Å². The molecule has 1 rings (SSSR count). The first-order chi connectivity index (χ1) is 8.50. The lowest BCUT2D eigenvalue weighted by molar-refractivity contribution is -0.389. The van der Waals surface area contributed by atoms with E-state index in [1.165, 1.54) is 10.7 Å². The molecule has 0 saturated carbocycles. The van der Waals surface area contributed by atoms with E-state index >= 15 is 0 Å². The van der Waals surface area contributed by atoms with Gasteiger partial charge in [0.25, 0.3) is 0 Å². The highest BCUT2D eigenvalue weighted by Gasteiger charge is 2.14. The Bertz CT molecular complexity index is 395. The lowest BCUT2D eigenvalue weighted by atomic mass is 10.4. The van der Waals surface area contributed by atoms with Gasteiger partial charge in [-0.1, -0.05) is 0 Å². The van der Waals surface area contributed by atoms with Crippen LogP contribution in [0.25, 0.3) is 0 Å². The van der Waals surface area contributed by atoms with Gasteiger partial charge in [0.05, 0.1) is 30.0 Å². The van der Waals surface area contributed by atoms with E-state index < -0.39 is 4.92 Å². The van der Waals surface area contributed by atoms with E-state index in [-0.39, 0.29) is 24.3 Å².